The second-order valence-corrected chi connectivity index (χ2v) is 11.6. The monoisotopic (exact) mass is 578 g/mol. The highest BCUT2D eigenvalue weighted by Gasteiger charge is 2.19. The minimum atomic E-state index is -0.119. The van der Waals surface area contributed by atoms with Gasteiger partial charge in [0.2, 0.25) is 0 Å². The number of rotatable bonds is 14. The number of amides is 1. The second-order valence-electron chi connectivity index (χ2n) is 9.67. The van der Waals surface area contributed by atoms with Crippen molar-refractivity contribution < 1.29 is 9.53 Å². The summed E-state index contributed by atoms with van der Waals surface area (Å²) in [4.78, 5) is 19.8. The number of nitrogens with zero attached hydrogens (tertiary/aromatic N) is 5. The Labute approximate surface area is 245 Å². The molecule has 2 aromatic carbocycles. The summed E-state index contributed by atoms with van der Waals surface area (Å²) in [6, 6.07) is 16.2. The van der Waals surface area contributed by atoms with Crippen molar-refractivity contribution in [1.82, 2.24) is 30.0 Å². The number of carbonyl (C=O) groups is 1. The third kappa shape index (κ3) is 7.71. The summed E-state index contributed by atoms with van der Waals surface area (Å²) >= 11 is 3.04. The van der Waals surface area contributed by atoms with Crippen LogP contribution < -0.4 is 10.1 Å². The molecule has 0 fully saturated rings. The molecule has 1 amide bonds. The number of ether oxygens (including phenoxy) is 1. The van der Waals surface area contributed by atoms with Gasteiger partial charge in [-0.25, -0.2) is 4.98 Å². The fourth-order valence-corrected chi connectivity index (χ4v) is 6.12. The molecule has 0 bridgehead atoms. The number of thioether (sulfide) groups is 1. The van der Waals surface area contributed by atoms with Crippen LogP contribution in [0.2, 0.25) is 0 Å². The van der Waals surface area contributed by atoms with Gasteiger partial charge in [0.1, 0.15) is 16.5 Å². The molecule has 4 aromatic rings. The van der Waals surface area contributed by atoms with E-state index in [1.54, 1.807) is 18.9 Å². The Morgan fingerprint density at radius 1 is 1.15 bits per heavy atom. The van der Waals surface area contributed by atoms with Crippen molar-refractivity contribution in [2.75, 3.05) is 26.7 Å². The predicted molar refractivity (Wildman–Crippen MR) is 164 cm³/mol. The highest BCUT2D eigenvalue weighted by Crippen LogP contribution is 2.31. The molecule has 0 aliphatic heterocycles. The molecule has 0 saturated heterocycles. The number of nitrogens with one attached hydrogen (secondary N) is 1. The van der Waals surface area contributed by atoms with E-state index >= 15 is 0 Å². The molecule has 0 aliphatic rings. The fraction of sp³-hybridized carbons (Fsp3) is 0.400. The Hall–Kier alpha value is -3.21. The lowest BCUT2D eigenvalue weighted by Crippen LogP contribution is -2.33. The van der Waals surface area contributed by atoms with Gasteiger partial charge in [-0.3, -0.25) is 9.36 Å². The predicted octanol–water partition coefficient (Wildman–Crippen LogP) is 6.24. The van der Waals surface area contributed by atoms with Crippen LogP contribution >= 0.6 is 23.1 Å². The van der Waals surface area contributed by atoms with Crippen molar-refractivity contribution in [2.24, 2.45) is 0 Å². The highest BCUT2D eigenvalue weighted by molar-refractivity contribution is 7.98. The van der Waals surface area contributed by atoms with Gasteiger partial charge in [-0.1, -0.05) is 55.4 Å². The minimum Gasteiger partial charge on any atom is -0.497 e. The molecule has 4 rings (SSSR count). The summed E-state index contributed by atoms with van der Waals surface area (Å²) < 4.78 is 7.48. The second kappa shape index (κ2) is 14.4. The zero-order chi connectivity index (χ0) is 28.5. The molecule has 8 nitrogen and oxygen atoms in total. The first-order chi connectivity index (χ1) is 19.4. The maximum atomic E-state index is 12.8. The average molecular weight is 579 g/mol. The lowest BCUT2D eigenvalue weighted by atomic mass is 10.1. The summed E-state index contributed by atoms with van der Waals surface area (Å²) in [7, 11) is 1.65. The number of aryl methyl sites for hydroxylation is 1. The van der Waals surface area contributed by atoms with Crippen molar-refractivity contribution in [3.05, 3.63) is 70.2 Å². The Bertz CT molecular complexity index is 1380. The third-order valence-electron chi connectivity index (χ3n) is 6.75. The van der Waals surface area contributed by atoms with E-state index in [0.29, 0.717) is 11.4 Å². The number of methoxy groups -OCH3 is 1. The van der Waals surface area contributed by atoms with Crippen LogP contribution in [-0.2, 0) is 5.75 Å². The largest absolute Gasteiger partial charge is 0.497 e. The van der Waals surface area contributed by atoms with Crippen molar-refractivity contribution in [2.45, 2.75) is 57.5 Å². The molecule has 1 N–H and O–H groups in total. The maximum absolute atomic E-state index is 12.8. The van der Waals surface area contributed by atoms with E-state index in [1.165, 1.54) is 16.9 Å². The van der Waals surface area contributed by atoms with E-state index in [2.05, 4.69) is 81.9 Å². The minimum absolute atomic E-state index is 0.102. The van der Waals surface area contributed by atoms with Gasteiger partial charge < -0.3 is 15.0 Å². The molecule has 0 radical (unpaired) electrons. The molecular formula is C30H38N6O2S2. The Morgan fingerprint density at radius 2 is 1.93 bits per heavy atom. The molecule has 10 heteroatoms. The Morgan fingerprint density at radius 3 is 2.65 bits per heavy atom. The van der Waals surface area contributed by atoms with Crippen LogP contribution in [0.25, 0.3) is 17.1 Å². The number of thiazole rings is 1. The van der Waals surface area contributed by atoms with Gasteiger partial charge in [0, 0.05) is 22.7 Å². The van der Waals surface area contributed by atoms with Gasteiger partial charge in [0.15, 0.2) is 11.0 Å². The first kappa shape index (κ1) is 29.8. The molecule has 0 saturated carbocycles. The fourth-order valence-electron chi connectivity index (χ4n) is 4.38. The van der Waals surface area contributed by atoms with Gasteiger partial charge >= 0.3 is 0 Å². The van der Waals surface area contributed by atoms with Crippen LogP contribution in [0.1, 0.15) is 54.7 Å². The van der Waals surface area contributed by atoms with Crippen LogP contribution in [0.15, 0.2) is 59.1 Å². The number of hydrogen-bond donors (Lipinski definition) is 1. The van der Waals surface area contributed by atoms with Crippen molar-refractivity contribution in [3.8, 4) is 22.8 Å². The van der Waals surface area contributed by atoms with Gasteiger partial charge in [0.05, 0.1) is 12.9 Å². The van der Waals surface area contributed by atoms with E-state index in [-0.39, 0.29) is 11.9 Å². The SMILES string of the molecule is CCN(CC)CCCC(C)NC(=O)c1csc(CSc2nnc(-c3cccc(OC)c3)n2-c2ccc(C)cc2)n1. The summed E-state index contributed by atoms with van der Waals surface area (Å²) in [6.07, 6.45) is 2.00. The number of carbonyl (C=O) groups excluding carboxylic acids is 1. The zero-order valence-electron chi connectivity index (χ0n) is 23.9. The summed E-state index contributed by atoms with van der Waals surface area (Å²) in [6.45, 7) is 11.6. The van der Waals surface area contributed by atoms with Crippen LogP contribution in [-0.4, -0.2) is 63.3 Å². The van der Waals surface area contributed by atoms with Crippen LogP contribution in [0.5, 0.6) is 5.75 Å². The summed E-state index contributed by atoms with van der Waals surface area (Å²) in [5.74, 6) is 1.96. The molecule has 2 aromatic heterocycles. The Kier molecular flexibility index (Phi) is 10.7. The van der Waals surface area contributed by atoms with E-state index in [4.69, 9.17) is 4.74 Å². The normalized spacial score (nSPS) is 12.1. The first-order valence-corrected chi connectivity index (χ1v) is 15.6. The quantitative estimate of drug-likeness (QED) is 0.177. The van der Waals surface area contributed by atoms with Crippen molar-refractivity contribution in [1.29, 1.82) is 0 Å². The van der Waals surface area contributed by atoms with Crippen molar-refractivity contribution >= 4 is 29.0 Å². The maximum Gasteiger partial charge on any atom is 0.270 e. The molecule has 0 spiro atoms. The van der Waals surface area contributed by atoms with E-state index < -0.39 is 0 Å². The van der Waals surface area contributed by atoms with E-state index in [1.807, 2.05) is 29.6 Å². The Balaban J connectivity index is 1.44. The smallest absolute Gasteiger partial charge is 0.270 e. The summed E-state index contributed by atoms with van der Waals surface area (Å²) in [5, 5.41) is 15.6. The number of hydrogen-bond acceptors (Lipinski definition) is 8. The van der Waals surface area contributed by atoms with Crippen LogP contribution in [0.3, 0.4) is 0 Å². The van der Waals surface area contributed by atoms with Crippen LogP contribution in [0, 0.1) is 6.92 Å². The molecule has 2 heterocycles. The van der Waals surface area contributed by atoms with Gasteiger partial charge in [-0.05, 0) is 70.6 Å². The number of aromatic nitrogens is 4. The number of benzene rings is 2. The highest BCUT2D eigenvalue weighted by atomic mass is 32.2. The zero-order valence-corrected chi connectivity index (χ0v) is 25.5. The summed E-state index contributed by atoms with van der Waals surface area (Å²) in [5.41, 5.74) is 3.54. The molecule has 212 valence electrons. The molecule has 0 aliphatic carbocycles. The van der Waals surface area contributed by atoms with Gasteiger partial charge in [0.25, 0.3) is 5.91 Å². The van der Waals surface area contributed by atoms with Gasteiger partial charge in [-0.2, -0.15) is 0 Å². The first-order valence-electron chi connectivity index (χ1n) is 13.7. The topological polar surface area (TPSA) is 85.2 Å². The third-order valence-corrected chi connectivity index (χ3v) is 8.72. The molecule has 1 atom stereocenters. The molecular weight excluding hydrogens is 541 g/mol. The van der Waals surface area contributed by atoms with Gasteiger partial charge in [-0.15, -0.1) is 21.5 Å². The van der Waals surface area contributed by atoms with Crippen molar-refractivity contribution in [3.63, 3.8) is 0 Å². The average Bonchev–Trinajstić information content (AvgIpc) is 3.62. The molecule has 40 heavy (non-hydrogen) atoms. The molecule has 1 unspecified atom stereocenters. The van der Waals surface area contributed by atoms with E-state index in [0.717, 1.165) is 65.5 Å². The lowest BCUT2D eigenvalue weighted by molar-refractivity contribution is 0.0932. The van der Waals surface area contributed by atoms with E-state index in [9.17, 15) is 4.79 Å². The van der Waals surface area contributed by atoms with Crippen LogP contribution in [0.4, 0.5) is 0 Å². The lowest BCUT2D eigenvalue weighted by Gasteiger charge is -2.19. The standard InChI is InChI=1S/C30H38N6O2S2/c1-6-35(7-2)17-9-10-22(4)31-29(37)26-19-39-27(32-26)20-40-30-34-33-28(23-11-8-12-25(18-23)38-5)36(30)24-15-13-21(3)14-16-24/h8,11-16,18-19,22H,6-7,9-10,17,20H2,1-5H3,(H,31,37).